The summed E-state index contributed by atoms with van der Waals surface area (Å²) in [6.45, 7) is 0. The summed E-state index contributed by atoms with van der Waals surface area (Å²) in [6.07, 6.45) is 10.3. The molecule has 4 heterocycles. The van der Waals surface area contributed by atoms with Crippen LogP contribution >= 0.6 is 11.3 Å². The molecule has 0 unspecified atom stereocenters. The number of hydrogen-bond acceptors (Lipinski definition) is 1. The SMILES string of the molecule is C1=CC=CC(n2c3ccccc3c3c4c5ccccc5n(-c5cccc(-n6c7ccccc7c7c8ccccc8sc76)c5)c4ccc32)=CC=1. The molecule has 0 saturated heterocycles. The van der Waals surface area contributed by atoms with Gasteiger partial charge in [-0.2, -0.15) is 0 Å². The number of para-hydroxylation sites is 3. The zero-order chi connectivity index (χ0) is 32.1. The van der Waals surface area contributed by atoms with Gasteiger partial charge < -0.3 is 13.7 Å². The van der Waals surface area contributed by atoms with Gasteiger partial charge >= 0.3 is 0 Å². The van der Waals surface area contributed by atoms with Gasteiger partial charge in [0.1, 0.15) is 4.83 Å². The first-order chi connectivity index (χ1) is 24.3. The molecule has 6 aromatic carbocycles. The Balaban J connectivity index is 1.21. The Hall–Kier alpha value is -6.32. The van der Waals surface area contributed by atoms with E-state index in [0.717, 1.165) is 17.1 Å². The molecule has 0 spiro atoms. The van der Waals surface area contributed by atoms with Gasteiger partial charge in [0.15, 0.2) is 0 Å². The molecule has 0 atom stereocenters. The van der Waals surface area contributed by atoms with E-state index in [1.54, 1.807) is 0 Å². The van der Waals surface area contributed by atoms with Crippen molar-refractivity contribution in [2.24, 2.45) is 0 Å². The molecule has 0 fully saturated rings. The lowest BCUT2D eigenvalue weighted by molar-refractivity contribution is 1.14. The fourth-order valence-corrected chi connectivity index (χ4v) is 9.39. The van der Waals surface area contributed by atoms with Crippen molar-refractivity contribution in [1.29, 1.82) is 0 Å². The third-order valence-corrected chi connectivity index (χ3v) is 11.2. The zero-order valence-corrected chi connectivity index (χ0v) is 27.2. The first-order valence-corrected chi connectivity index (χ1v) is 17.4. The maximum atomic E-state index is 3.22. The van der Waals surface area contributed by atoms with Crippen LogP contribution in [0, 0.1) is 0 Å². The maximum absolute atomic E-state index is 3.22. The highest BCUT2D eigenvalue weighted by Crippen LogP contribution is 2.44. The summed E-state index contributed by atoms with van der Waals surface area (Å²) in [7, 11) is 0. The second kappa shape index (κ2) is 10.1. The molecule has 0 bridgehead atoms. The highest BCUT2D eigenvalue weighted by atomic mass is 32.1. The molecular formula is C45H27N3S. The van der Waals surface area contributed by atoms with Gasteiger partial charge in [-0.3, -0.25) is 0 Å². The smallest absolute Gasteiger partial charge is 0.109 e. The maximum Gasteiger partial charge on any atom is 0.109 e. The molecule has 0 amide bonds. The molecule has 4 heteroatoms. The number of benzene rings is 6. The average Bonchev–Trinajstić information content (AvgIpc) is 3.81. The quantitative estimate of drug-likeness (QED) is 0.171. The summed E-state index contributed by atoms with van der Waals surface area (Å²) in [5.41, 5.74) is 12.7. The minimum Gasteiger partial charge on any atom is -0.309 e. The van der Waals surface area contributed by atoms with Gasteiger partial charge in [0.25, 0.3) is 0 Å². The Morgan fingerprint density at radius 3 is 1.76 bits per heavy atom. The van der Waals surface area contributed by atoms with Gasteiger partial charge in [0.05, 0.1) is 27.6 Å². The Morgan fingerprint density at radius 2 is 1.02 bits per heavy atom. The second-order valence-electron chi connectivity index (χ2n) is 12.7. The van der Waals surface area contributed by atoms with Crippen LogP contribution in [0.1, 0.15) is 0 Å². The van der Waals surface area contributed by atoms with Gasteiger partial charge in [-0.1, -0.05) is 84.9 Å². The van der Waals surface area contributed by atoms with E-state index in [4.69, 9.17) is 0 Å². The number of thiophene rings is 1. The van der Waals surface area contributed by atoms with Crippen LogP contribution in [0.5, 0.6) is 0 Å². The van der Waals surface area contributed by atoms with E-state index in [1.807, 2.05) is 23.5 Å². The molecule has 0 radical (unpaired) electrons. The number of hydrogen-bond donors (Lipinski definition) is 0. The summed E-state index contributed by atoms with van der Waals surface area (Å²) in [5.74, 6) is 0. The van der Waals surface area contributed by atoms with Crippen LogP contribution in [0.25, 0.3) is 91.9 Å². The van der Waals surface area contributed by atoms with Crippen molar-refractivity contribution >= 4 is 91.9 Å². The number of fused-ring (bicyclic) bond motifs is 12. The molecule has 0 saturated carbocycles. The van der Waals surface area contributed by atoms with E-state index < -0.39 is 0 Å². The van der Waals surface area contributed by atoms with E-state index in [-0.39, 0.29) is 0 Å². The van der Waals surface area contributed by atoms with Gasteiger partial charge in [-0.15, -0.1) is 17.1 Å². The first-order valence-electron chi connectivity index (χ1n) is 16.6. The van der Waals surface area contributed by atoms with Gasteiger partial charge in [-0.05, 0) is 78.9 Å². The Kier molecular flexibility index (Phi) is 5.50. The molecule has 49 heavy (non-hydrogen) atoms. The molecule has 10 aromatic rings. The summed E-state index contributed by atoms with van der Waals surface area (Å²) in [5, 5.41) is 9.00. The predicted molar refractivity (Wildman–Crippen MR) is 210 cm³/mol. The Morgan fingerprint density at radius 1 is 0.449 bits per heavy atom. The van der Waals surface area contributed by atoms with Crippen molar-refractivity contribution in [2.45, 2.75) is 0 Å². The van der Waals surface area contributed by atoms with Crippen LogP contribution < -0.4 is 0 Å². The Bertz CT molecular complexity index is 3150. The van der Waals surface area contributed by atoms with Gasteiger partial charge in [0.2, 0.25) is 0 Å². The lowest BCUT2D eigenvalue weighted by Gasteiger charge is -2.12. The van der Waals surface area contributed by atoms with E-state index in [0.29, 0.717) is 0 Å². The average molecular weight is 642 g/mol. The van der Waals surface area contributed by atoms with Crippen molar-refractivity contribution in [2.75, 3.05) is 0 Å². The van der Waals surface area contributed by atoms with Crippen LogP contribution in [-0.4, -0.2) is 13.7 Å². The van der Waals surface area contributed by atoms with Gasteiger partial charge in [-0.25, -0.2) is 0 Å². The van der Waals surface area contributed by atoms with E-state index in [9.17, 15) is 0 Å². The fraction of sp³-hybridized carbons (Fsp3) is 0. The number of allylic oxidation sites excluding steroid dienone is 5. The number of rotatable bonds is 3. The predicted octanol–water partition coefficient (Wildman–Crippen LogP) is 12.3. The molecule has 0 aliphatic heterocycles. The molecule has 0 N–H and O–H groups in total. The van der Waals surface area contributed by atoms with Crippen LogP contribution in [0.2, 0.25) is 0 Å². The number of aromatic nitrogens is 3. The topological polar surface area (TPSA) is 14.8 Å². The molecule has 1 aliphatic rings. The highest BCUT2D eigenvalue weighted by Gasteiger charge is 2.22. The molecular weight excluding hydrogens is 615 g/mol. The van der Waals surface area contributed by atoms with Crippen molar-refractivity contribution in [3.05, 3.63) is 170 Å². The van der Waals surface area contributed by atoms with Crippen LogP contribution in [0.3, 0.4) is 0 Å². The summed E-state index contributed by atoms with van der Waals surface area (Å²) in [4.78, 5) is 1.28. The molecule has 3 nitrogen and oxygen atoms in total. The van der Waals surface area contributed by atoms with E-state index >= 15 is 0 Å². The van der Waals surface area contributed by atoms with E-state index in [1.165, 1.54) is 74.8 Å². The number of nitrogens with zero attached hydrogens (tertiary/aromatic N) is 3. The van der Waals surface area contributed by atoms with Crippen LogP contribution in [0.15, 0.2) is 170 Å². The second-order valence-corrected chi connectivity index (χ2v) is 13.7. The minimum atomic E-state index is 1.12. The minimum absolute atomic E-state index is 1.12. The largest absolute Gasteiger partial charge is 0.309 e. The van der Waals surface area contributed by atoms with Crippen molar-refractivity contribution < 1.29 is 0 Å². The standard InChI is InChI=1S/C45H27N3S/c1-2-4-15-29(14-3-1)46-36-22-9-6-19-33(36)43-39(46)26-27-40-44(43)34-20-7-10-23-37(34)47(40)30-16-13-17-31(28-30)48-38-24-11-5-18-32(38)42-35-21-8-12-25-41(35)49-45(42)48/h1,3-28H. The fourth-order valence-electron chi connectivity index (χ4n) is 8.14. The molecule has 4 aromatic heterocycles. The normalized spacial score (nSPS) is 13.3. The highest BCUT2D eigenvalue weighted by molar-refractivity contribution is 7.25. The first kappa shape index (κ1) is 26.7. The van der Waals surface area contributed by atoms with Crippen molar-refractivity contribution in [3.8, 4) is 11.4 Å². The lowest BCUT2D eigenvalue weighted by atomic mass is 10.1. The molecule has 11 rings (SSSR count). The molecule has 228 valence electrons. The van der Waals surface area contributed by atoms with Crippen LogP contribution in [-0.2, 0) is 0 Å². The lowest BCUT2D eigenvalue weighted by Crippen LogP contribution is -1.98. The summed E-state index contributed by atoms with van der Waals surface area (Å²) < 4.78 is 8.61. The van der Waals surface area contributed by atoms with Crippen molar-refractivity contribution in [1.82, 2.24) is 13.7 Å². The van der Waals surface area contributed by atoms with Gasteiger partial charge in [0, 0.05) is 59.5 Å². The monoisotopic (exact) mass is 641 g/mol. The van der Waals surface area contributed by atoms with Crippen molar-refractivity contribution in [3.63, 3.8) is 0 Å². The summed E-state index contributed by atoms with van der Waals surface area (Å²) in [6, 6.07) is 48.9. The van der Waals surface area contributed by atoms with E-state index in [2.05, 4.69) is 171 Å². The van der Waals surface area contributed by atoms with Crippen LogP contribution in [0.4, 0.5) is 0 Å². The third-order valence-electron chi connectivity index (χ3n) is 10.1. The third kappa shape index (κ3) is 3.67. The summed E-state index contributed by atoms with van der Waals surface area (Å²) >= 11 is 1.87. The Labute approximate surface area is 285 Å². The molecule has 1 aliphatic carbocycles. The zero-order valence-electron chi connectivity index (χ0n) is 26.3.